The monoisotopic (exact) mass is 379 g/mol. The molecule has 1 amide bonds. The molecule has 1 aliphatic carbocycles. The predicted molar refractivity (Wildman–Crippen MR) is 109 cm³/mol. The fourth-order valence-electron chi connectivity index (χ4n) is 4.06. The number of benzene rings is 1. The highest BCUT2D eigenvalue weighted by Crippen LogP contribution is 2.31. The van der Waals surface area contributed by atoms with Crippen LogP contribution in [0.25, 0.3) is 0 Å². The van der Waals surface area contributed by atoms with Crippen LogP contribution in [0.1, 0.15) is 47.3 Å². The van der Waals surface area contributed by atoms with E-state index in [-0.39, 0.29) is 12.0 Å². The molecule has 1 saturated heterocycles. The number of nitrogens with one attached hydrogen (secondary N) is 1. The third-order valence-electron chi connectivity index (χ3n) is 5.83. The summed E-state index contributed by atoms with van der Waals surface area (Å²) >= 11 is 0. The van der Waals surface area contributed by atoms with Crippen molar-refractivity contribution >= 4 is 5.91 Å². The topological polar surface area (TPSA) is 54.5 Å². The Labute approximate surface area is 167 Å². The predicted octanol–water partition coefficient (Wildman–Crippen LogP) is 3.57. The molecule has 1 aliphatic heterocycles. The van der Waals surface area contributed by atoms with Gasteiger partial charge in [-0.2, -0.15) is 0 Å². The van der Waals surface area contributed by atoms with Crippen molar-refractivity contribution in [1.29, 1.82) is 0 Å². The molecule has 5 heteroatoms. The van der Waals surface area contributed by atoms with Crippen molar-refractivity contribution in [3.05, 3.63) is 59.4 Å². The molecule has 0 radical (unpaired) electrons. The molecule has 2 heterocycles. The molecular weight excluding hydrogens is 350 g/mol. The highest BCUT2D eigenvalue weighted by Gasteiger charge is 2.31. The van der Waals surface area contributed by atoms with Crippen molar-refractivity contribution in [1.82, 2.24) is 15.2 Å². The number of hydrogen-bond donors (Lipinski definition) is 1. The van der Waals surface area contributed by atoms with Gasteiger partial charge in [-0.05, 0) is 81.4 Å². The average Bonchev–Trinajstić information content (AvgIpc) is 3.18. The smallest absolute Gasteiger partial charge is 0.253 e. The Morgan fingerprint density at radius 3 is 2.64 bits per heavy atom. The Hall–Kier alpha value is -2.40. The fourth-order valence-corrected chi connectivity index (χ4v) is 4.06. The molecule has 4 rings (SSSR count). The second-order valence-corrected chi connectivity index (χ2v) is 8.05. The van der Waals surface area contributed by atoms with E-state index in [9.17, 15) is 4.79 Å². The zero-order chi connectivity index (χ0) is 19.3. The Balaban J connectivity index is 1.17. The van der Waals surface area contributed by atoms with E-state index < -0.39 is 0 Å². The quantitative estimate of drug-likeness (QED) is 0.799. The summed E-state index contributed by atoms with van der Waals surface area (Å²) in [4.78, 5) is 18.9. The zero-order valence-electron chi connectivity index (χ0n) is 16.6. The van der Waals surface area contributed by atoms with Crippen molar-refractivity contribution in [2.24, 2.45) is 5.92 Å². The molecule has 2 fully saturated rings. The number of rotatable bonds is 7. The first-order chi connectivity index (χ1) is 13.7. The summed E-state index contributed by atoms with van der Waals surface area (Å²) in [6, 6.07) is 12.2. The summed E-state index contributed by atoms with van der Waals surface area (Å²) in [5.41, 5.74) is 2.78. The van der Waals surface area contributed by atoms with Crippen molar-refractivity contribution in [2.45, 2.75) is 45.3 Å². The molecule has 0 bridgehead atoms. The molecule has 0 spiro atoms. The number of carbonyl (C=O) groups is 1. The van der Waals surface area contributed by atoms with Crippen LogP contribution < -0.4 is 10.1 Å². The van der Waals surface area contributed by atoms with Crippen LogP contribution in [-0.2, 0) is 6.54 Å². The molecule has 5 nitrogen and oxygen atoms in total. The van der Waals surface area contributed by atoms with E-state index in [1.807, 2.05) is 13.0 Å². The van der Waals surface area contributed by atoms with Gasteiger partial charge >= 0.3 is 0 Å². The van der Waals surface area contributed by atoms with Gasteiger partial charge in [0.25, 0.3) is 5.91 Å². The van der Waals surface area contributed by atoms with Gasteiger partial charge in [0.05, 0.1) is 11.7 Å². The van der Waals surface area contributed by atoms with Gasteiger partial charge in [0.2, 0.25) is 0 Å². The lowest BCUT2D eigenvalue weighted by Crippen LogP contribution is -2.41. The lowest BCUT2D eigenvalue weighted by molar-refractivity contribution is 0.0616. The van der Waals surface area contributed by atoms with E-state index in [1.165, 1.54) is 31.5 Å². The number of carbonyl (C=O) groups excluding carboxylic acids is 1. The molecule has 148 valence electrons. The molecule has 1 N–H and O–H groups in total. The van der Waals surface area contributed by atoms with Crippen LogP contribution in [0.4, 0.5) is 0 Å². The molecule has 0 unspecified atom stereocenters. The van der Waals surface area contributed by atoms with Crippen LogP contribution in [0.2, 0.25) is 0 Å². The van der Waals surface area contributed by atoms with E-state index in [0.717, 1.165) is 30.8 Å². The standard InChI is InChI=1S/C23H29N3O2/c1-17-22(5-4-10-24-17)23(27)25-15-19-13-21(14-19)28-20-8-6-18(7-9-20)16-26-11-2-3-12-26/h4-10,19,21H,2-3,11-16H2,1H3,(H,25,27). The Morgan fingerprint density at radius 1 is 1.18 bits per heavy atom. The number of amides is 1. The Kier molecular flexibility index (Phi) is 5.91. The average molecular weight is 380 g/mol. The first kappa shape index (κ1) is 18.9. The van der Waals surface area contributed by atoms with Crippen LogP contribution in [-0.4, -0.2) is 41.5 Å². The second-order valence-electron chi connectivity index (χ2n) is 8.05. The minimum atomic E-state index is -0.0384. The van der Waals surface area contributed by atoms with Gasteiger partial charge in [0, 0.05) is 25.0 Å². The number of aryl methyl sites for hydroxylation is 1. The number of hydrogen-bond acceptors (Lipinski definition) is 4. The maximum atomic E-state index is 12.3. The van der Waals surface area contributed by atoms with E-state index in [2.05, 4.69) is 39.5 Å². The third kappa shape index (κ3) is 4.71. The van der Waals surface area contributed by atoms with Crippen molar-refractivity contribution in [3.8, 4) is 5.75 Å². The summed E-state index contributed by atoms with van der Waals surface area (Å²) in [6.07, 6.45) is 6.59. The molecule has 28 heavy (non-hydrogen) atoms. The van der Waals surface area contributed by atoms with E-state index in [1.54, 1.807) is 12.3 Å². The van der Waals surface area contributed by atoms with Crippen LogP contribution in [0.15, 0.2) is 42.6 Å². The number of pyridine rings is 1. The summed E-state index contributed by atoms with van der Waals surface area (Å²) in [5.74, 6) is 1.40. The number of ether oxygens (including phenoxy) is 1. The first-order valence-electron chi connectivity index (χ1n) is 10.3. The fraction of sp³-hybridized carbons (Fsp3) is 0.478. The number of nitrogens with zero attached hydrogens (tertiary/aromatic N) is 2. The van der Waals surface area contributed by atoms with Crippen molar-refractivity contribution < 1.29 is 9.53 Å². The SMILES string of the molecule is Cc1ncccc1C(=O)NCC1CC(Oc2ccc(CN3CCCC3)cc2)C1. The van der Waals surface area contributed by atoms with E-state index >= 15 is 0 Å². The minimum Gasteiger partial charge on any atom is -0.490 e. The molecule has 1 saturated carbocycles. The van der Waals surface area contributed by atoms with Crippen LogP contribution in [0.5, 0.6) is 5.75 Å². The van der Waals surface area contributed by atoms with Gasteiger partial charge in [-0.1, -0.05) is 12.1 Å². The summed E-state index contributed by atoms with van der Waals surface area (Å²) in [5, 5.41) is 3.03. The zero-order valence-corrected chi connectivity index (χ0v) is 16.6. The molecule has 1 aromatic heterocycles. The Bertz CT molecular complexity index is 794. The maximum Gasteiger partial charge on any atom is 0.253 e. The van der Waals surface area contributed by atoms with Crippen LogP contribution >= 0.6 is 0 Å². The van der Waals surface area contributed by atoms with Gasteiger partial charge in [-0.25, -0.2) is 0 Å². The van der Waals surface area contributed by atoms with Crippen molar-refractivity contribution in [2.75, 3.05) is 19.6 Å². The van der Waals surface area contributed by atoms with Crippen LogP contribution in [0.3, 0.4) is 0 Å². The molecule has 2 aromatic rings. The van der Waals surface area contributed by atoms with Gasteiger partial charge in [-0.15, -0.1) is 0 Å². The number of aromatic nitrogens is 1. The summed E-state index contributed by atoms with van der Waals surface area (Å²) < 4.78 is 6.08. The largest absolute Gasteiger partial charge is 0.490 e. The Morgan fingerprint density at radius 2 is 1.93 bits per heavy atom. The van der Waals surface area contributed by atoms with Gasteiger partial charge in [-0.3, -0.25) is 14.7 Å². The normalized spacial score (nSPS) is 21.9. The molecular formula is C23H29N3O2. The van der Waals surface area contributed by atoms with E-state index in [4.69, 9.17) is 4.74 Å². The lowest BCUT2D eigenvalue weighted by atomic mass is 9.82. The molecule has 1 aromatic carbocycles. The molecule has 2 aliphatic rings. The maximum absolute atomic E-state index is 12.3. The third-order valence-corrected chi connectivity index (χ3v) is 5.83. The highest BCUT2D eigenvalue weighted by molar-refractivity contribution is 5.95. The van der Waals surface area contributed by atoms with Gasteiger partial charge in [0.15, 0.2) is 0 Å². The van der Waals surface area contributed by atoms with Crippen molar-refractivity contribution in [3.63, 3.8) is 0 Å². The molecule has 0 atom stereocenters. The summed E-state index contributed by atoms with van der Waals surface area (Å²) in [6.45, 7) is 6.04. The number of likely N-dealkylation sites (tertiary alicyclic amines) is 1. The van der Waals surface area contributed by atoms with Crippen LogP contribution in [0, 0.1) is 12.8 Å². The van der Waals surface area contributed by atoms with E-state index in [0.29, 0.717) is 18.0 Å². The van der Waals surface area contributed by atoms with Gasteiger partial charge < -0.3 is 10.1 Å². The lowest BCUT2D eigenvalue weighted by Gasteiger charge is -2.35. The highest BCUT2D eigenvalue weighted by atomic mass is 16.5. The minimum absolute atomic E-state index is 0.0384. The van der Waals surface area contributed by atoms with Gasteiger partial charge in [0.1, 0.15) is 5.75 Å². The second kappa shape index (κ2) is 8.74. The summed E-state index contributed by atoms with van der Waals surface area (Å²) in [7, 11) is 0. The first-order valence-corrected chi connectivity index (χ1v) is 10.3.